The number of imidazole rings is 2. The number of fused-ring (bicyclic) bond motifs is 14. The third kappa shape index (κ3) is 4.99. The number of carbonyl (C=O) groups is 2. The second-order valence-electron chi connectivity index (χ2n) is 19.3. The summed E-state index contributed by atoms with van der Waals surface area (Å²) in [5.74, 6) is -1.86. The van der Waals surface area contributed by atoms with Gasteiger partial charge in [0, 0.05) is 53.5 Å². The van der Waals surface area contributed by atoms with Crippen molar-refractivity contribution in [3.05, 3.63) is 211 Å². The molecule has 0 bridgehead atoms. The SMILES string of the molecule is O=C1N=c2ccccc2=C1c1c(O)oc2cc3c(C4=c5ccccc5=NC4=O)c(O)oc3cc12.O=c1c2ccc3c4ccc5c6c(ccc(c7ccc(c2c37)c2nc3ccccc3n12)c46)c(=O)n1c2ccccc2nc51. The predicted octanol–water partition coefficient (Wildman–Crippen LogP) is 8.55. The lowest BCUT2D eigenvalue weighted by molar-refractivity contribution is -0.113. The summed E-state index contributed by atoms with van der Waals surface area (Å²) >= 11 is 0. The second kappa shape index (κ2) is 14.0. The van der Waals surface area contributed by atoms with Crippen molar-refractivity contribution in [3.8, 4) is 11.9 Å². The number of nitrogens with zero attached hydrogens (tertiary/aromatic N) is 6. The first-order chi connectivity index (χ1) is 37.2. The van der Waals surface area contributed by atoms with E-state index in [9.17, 15) is 29.4 Å². The Kier molecular flexibility index (Phi) is 7.50. The van der Waals surface area contributed by atoms with Crippen LogP contribution >= 0.6 is 0 Å². The second-order valence-corrected chi connectivity index (χ2v) is 19.3. The molecule has 0 atom stereocenters. The van der Waals surface area contributed by atoms with Crippen LogP contribution in [0.2, 0.25) is 0 Å². The molecule has 2 amide bonds. The zero-order valence-corrected chi connectivity index (χ0v) is 39.0. The zero-order valence-electron chi connectivity index (χ0n) is 39.0. The van der Waals surface area contributed by atoms with Crippen molar-refractivity contribution in [3.63, 3.8) is 0 Å². The lowest BCUT2D eigenvalue weighted by atomic mass is 9.86. The minimum atomic E-state index is -0.493. The number of pyridine rings is 2. The van der Waals surface area contributed by atoms with Gasteiger partial charge in [0.15, 0.2) is 0 Å². The highest BCUT2D eigenvalue weighted by atomic mass is 16.5. The maximum absolute atomic E-state index is 14.0. The highest BCUT2D eigenvalue weighted by Gasteiger charge is 2.31. The molecule has 2 aliphatic rings. The molecular weight excluding hydrogens is 957 g/mol. The average molecular weight is 985 g/mol. The monoisotopic (exact) mass is 984 g/mol. The third-order valence-electron chi connectivity index (χ3n) is 15.6. The first-order valence-electron chi connectivity index (χ1n) is 24.3. The molecule has 14 heteroatoms. The van der Waals surface area contributed by atoms with Gasteiger partial charge in [0.25, 0.3) is 34.8 Å². The number of aromatic nitrogens is 4. The molecule has 18 rings (SSSR count). The highest BCUT2D eigenvalue weighted by Crippen LogP contribution is 2.47. The number of hydrogen-bond acceptors (Lipinski definition) is 10. The van der Waals surface area contributed by atoms with Gasteiger partial charge in [-0.15, -0.1) is 0 Å². The van der Waals surface area contributed by atoms with E-state index in [1.807, 2.05) is 60.7 Å². The van der Waals surface area contributed by atoms with E-state index in [1.165, 1.54) is 0 Å². The molecule has 76 heavy (non-hydrogen) atoms. The molecule has 14 nitrogen and oxygen atoms in total. The normalized spacial score (nSPS) is 13.7. The first kappa shape index (κ1) is 40.7. The molecule has 0 radical (unpaired) electrons. The average Bonchev–Trinajstić information content (AvgIpc) is 4.32. The molecule has 0 saturated heterocycles. The van der Waals surface area contributed by atoms with Gasteiger partial charge >= 0.3 is 0 Å². The van der Waals surface area contributed by atoms with Gasteiger partial charge in [-0.3, -0.25) is 28.0 Å². The summed E-state index contributed by atoms with van der Waals surface area (Å²) in [5, 5.41) is 35.8. The number of amides is 2. The Morgan fingerprint density at radius 3 is 1.17 bits per heavy atom. The Hall–Kier alpha value is -10.9. The number of furan rings is 2. The topological polar surface area (TPSA) is 194 Å². The van der Waals surface area contributed by atoms with Gasteiger partial charge in [0.05, 0.1) is 55.1 Å². The van der Waals surface area contributed by atoms with E-state index in [4.69, 9.17) is 18.8 Å². The minimum Gasteiger partial charge on any atom is -0.480 e. The Morgan fingerprint density at radius 2 is 0.737 bits per heavy atom. The van der Waals surface area contributed by atoms with Crippen molar-refractivity contribution in [1.29, 1.82) is 0 Å². The number of para-hydroxylation sites is 6. The molecule has 8 heterocycles. The summed E-state index contributed by atoms with van der Waals surface area (Å²) in [6, 6.07) is 49.3. The van der Waals surface area contributed by atoms with E-state index in [1.54, 1.807) is 69.5 Å². The van der Waals surface area contributed by atoms with Gasteiger partial charge in [0.1, 0.15) is 22.5 Å². The Balaban J connectivity index is 0.000000127. The van der Waals surface area contributed by atoms with Crippen LogP contribution in [0.4, 0.5) is 0 Å². The van der Waals surface area contributed by atoms with Crippen molar-refractivity contribution in [1.82, 2.24) is 18.8 Å². The number of rotatable bonds is 2. The van der Waals surface area contributed by atoms with Crippen LogP contribution in [0.15, 0.2) is 186 Å². The van der Waals surface area contributed by atoms with Crippen molar-refractivity contribution in [2.24, 2.45) is 9.98 Å². The number of aromatic hydroxyl groups is 2. The number of carbonyl (C=O) groups excluding carboxylic acids is 2. The summed E-state index contributed by atoms with van der Waals surface area (Å²) < 4.78 is 14.7. The summed E-state index contributed by atoms with van der Waals surface area (Å²) in [6.07, 6.45) is 0. The van der Waals surface area contributed by atoms with Crippen molar-refractivity contribution in [2.75, 3.05) is 0 Å². The van der Waals surface area contributed by atoms with Crippen LogP contribution in [0.25, 0.3) is 131 Å². The molecular formula is C62H28N6O8. The smallest absolute Gasteiger partial charge is 0.291 e. The standard InChI is InChI=1S/C36H16N4O2.C26H12N2O6/c41-35-23-15-11-19-18-10-14-22-32-24(36(42)40-28-8-4-2-6-26(28)38-34(22)40)16-12-20(30(18)32)17-9-13-21(31(23)29(17)19)33-37-25-5-1-3-7-27(25)39(33)35;29-23-19(11-5-1-3-7-15(11)27-23)21-13-9-18-14(10-17(13)33-25(21)31)22(26(32)34-18)20-12-6-2-4-8-16(12)28-24(20)30/h1-16H;1-10,31-32H. The maximum atomic E-state index is 14.0. The van der Waals surface area contributed by atoms with Crippen molar-refractivity contribution >= 4 is 143 Å². The molecule has 354 valence electrons. The molecule has 2 aliphatic heterocycles. The van der Waals surface area contributed by atoms with Crippen LogP contribution < -0.4 is 32.3 Å². The van der Waals surface area contributed by atoms with Crippen molar-refractivity contribution in [2.45, 2.75) is 0 Å². The van der Waals surface area contributed by atoms with Crippen LogP contribution in [0.5, 0.6) is 11.9 Å². The van der Waals surface area contributed by atoms with E-state index in [-0.39, 0.29) is 44.6 Å². The predicted molar refractivity (Wildman–Crippen MR) is 289 cm³/mol. The number of hydrogen-bond donors (Lipinski definition) is 2. The largest absolute Gasteiger partial charge is 0.480 e. The van der Waals surface area contributed by atoms with Crippen molar-refractivity contribution < 1.29 is 28.6 Å². The van der Waals surface area contributed by atoms with Gasteiger partial charge < -0.3 is 19.0 Å². The molecule has 6 aromatic heterocycles. The first-order valence-corrected chi connectivity index (χ1v) is 24.3. The molecule has 0 saturated carbocycles. The van der Waals surface area contributed by atoms with Crippen LogP contribution in [0.1, 0.15) is 11.1 Å². The molecule has 0 spiro atoms. The van der Waals surface area contributed by atoms with E-state index in [0.717, 1.165) is 75.9 Å². The molecule has 16 aromatic rings. The van der Waals surface area contributed by atoms with E-state index in [0.29, 0.717) is 54.0 Å². The molecule has 10 aromatic carbocycles. The maximum Gasteiger partial charge on any atom is 0.291 e. The van der Waals surface area contributed by atoms with E-state index < -0.39 is 23.7 Å². The molecule has 0 unspecified atom stereocenters. The fraction of sp³-hybridized carbons (Fsp3) is 0. The summed E-state index contributed by atoms with van der Waals surface area (Å²) in [4.78, 5) is 71.3. The lowest BCUT2D eigenvalue weighted by Gasteiger charge is -2.18. The van der Waals surface area contributed by atoms with Crippen LogP contribution in [0.3, 0.4) is 0 Å². The van der Waals surface area contributed by atoms with Gasteiger partial charge in [-0.25, -0.2) is 20.0 Å². The third-order valence-corrected chi connectivity index (χ3v) is 15.6. The molecule has 0 fully saturated rings. The Bertz CT molecular complexity index is 5470. The fourth-order valence-electron chi connectivity index (χ4n) is 12.4. The molecule has 2 N–H and O–H groups in total. The summed E-state index contributed by atoms with van der Waals surface area (Å²) in [6.45, 7) is 0. The van der Waals surface area contributed by atoms with Crippen LogP contribution in [0, 0.1) is 0 Å². The van der Waals surface area contributed by atoms with E-state index >= 15 is 0 Å². The Morgan fingerprint density at radius 1 is 0.382 bits per heavy atom. The highest BCUT2D eigenvalue weighted by molar-refractivity contribution is 6.41. The quantitative estimate of drug-likeness (QED) is 0.125. The van der Waals surface area contributed by atoms with Crippen LogP contribution in [-0.2, 0) is 9.59 Å². The van der Waals surface area contributed by atoms with Gasteiger partial charge in [-0.05, 0) is 105 Å². The van der Waals surface area contributed by atoms with E-state index in [2.05, 4.69) is 46.4 Å². The number of benzene rings is 10. The van der Waals surface area contributed by atoms with Gasteiger partial charge in [-0.1, -0.05) is 84.9 Å². The summed E-state index contributed by atoms with van der Waals surface area (Å²) in [7, 11) is 0. The fourth-order valence-corrected chi connectivity index (χ4v) is 12.4. The minimum absolute atomic E-state index is 0.0598. The van der Waals surface area contributed by atoms with Crippen LogP contribution in [-0.4, -0.2) is 40.8 Å². The molecule has 0 aliphatic carbocycles. The van der Waals surface area contributed by atoms with Gasteiger partial charge in [0.2, 0.25) is 0 Å². The summed E-state index contributed by atoms with van der Waals surface area (Å²) in [5.41, 5.74) is 5.81. The Labute approximate surface area is 421 Å². The van der Waals surface area contributed by atoms with Gasteiger partial charge in [-0.2, -0.15) is 0 Å². The lowest BCUT2D eigenvalue weighted by Crippen LogP contribution is -2.22. The zero-order chi connectivity index (χ0) is 50.6.